The number of aromatic nitrogens is 2. The molecule has 8 nitrogen and oxygen atoms in total. The van der Waals surface area contributed by atoms with Gasteiger partial charge >= 0.3 is 0 Å². The second kappa shape index (κ2) is 9.20. The summed E-state index contributed by atoms with van der Waals surface area (Å²) in [6.45, 7) is 0.208. The molecule has 0 fully saturated rings. The summed E-state index contributed by atoms with van der Waals surface area (Å²) in [5.74, 6) is 1.06. The van der Waals surface area contributed by atoms with Gasteiger partial charge < -0.3 is 23.8 Å². The van der Waals surface area contributed by atoms with Crippen molar-refractivity contribution < 1.29 is 23.7 Å². The van der Waals surface area contributed by atoms with Gasteiger partial charge in [-0.05, 0) is 30.3 Å². The number of halogens is 1. The van der Waals surface area contributed by atoms with E-state index in [1.54, 1.807) is 31.3 Å². The predicted molar refractivity (Wildman–Crippen MR) is 119 cm³/mol. The van der Waals surface area contributed by atoms with E-state index in [0.717, 1.165) is 16.7 Å². The van der Waals surface area contributed by atoms with Gasteiger partial charge in [0.2, 0.25) is 0 Å². The van der Waals surface area contributed by atoms with Crippen molar-refractivity contribution in [3.8, 4) is 22.8 Å². The molecule has 3 aromatic rings. The fourth-order valence-corrected chi connectivity index (χ4v) is 4.12. The predicted octanol–water partition coefficient (Wildman–Crippen LogP) is 3.91. The minimum atomic E-state index is -0.603. The smallest absolute Gasteiger partial charge is 0.273 e. The Hall–Kier alpha value is -3.07. The first-order valence-corrected chi connectivity index (χ1v) is 10.3. The summed E-state index contributed by atoms with van der Waals surface area (Å²) in [5.41, 5.74) is 3.42. The van der Waals surface area contributed by atoms with Crippen LogP contribution in [0.4, 0.5) is 0 Å². The van der Waals surface area contributed by atoms with Crippen molar-refractivity contribution in [2.24, 2.45) is 0 Å². The first kappa shape index (κ1) is 22.1. The molecule has 9 heteroatoms. The van der Waals surface area contributed by atoms with Gasteiger partial charge in [0.05, 0.1) is 32.5 Å². The zero-order valence-electron chi connectivity index (χ0n) is 18.2. The summed E-state index contributed by atoms with van der Waals surface area (Å²) in [7, 11) is 6.26. The monoisotopic (exact) mass is 457 g/mol. The van der Waals surface area contributed by atoms with Crippen LogP contribution in [-0.4, -0.2) is 62.3 Å². The van der Waals surface area contributed by atoms with E-state index in [1.807, 2.05) is 30.3 Å². The Labute approximate surface area is 191 Å². The maximum atomic E-state index is 13.5. The van der Waals surface area contributed by atoms with Gasteiger partial charge in [-0.15, -0.1) is 0 Å². The molecule has 0 aliphatic carbocycles. The summed E-state index contributed by atoms with van der Waals surface area (Å²) in [5, 5.41) is 8.01. The Balaban J connectivity index is 1.91. The summed E-state index contributed by atoms with van der Waals surface area (Å²) in [4.78, 5) is 15.1. The molecule has 0 spiro atoms. The highest BCUT2D eigenvalue weighted by Gasteiger charge is 2.44. The Bertz CT molecular complexity index is 1110. The molecule has 0 saturated heterocycles. The van der Waals surface area contributed by atoms with E-state index in [2.05, 4.69) is 10.2 Å². The molecule has 1 N–H and O–H groups in total. The molecule has 0 bridgehead atoms. The highest BCUT2D eigenvalue weighted by atomic mass is 35.5. The van der Waals surface area contributed by atoms with Gasteiger partial charge in [0.1, 0.15) is 17.2 Å². The van der Waals surface area contributed by atoms with Crippen LogP contribution in [0.15, 0.2) is 42.5 Å². The molecule has 1 aliphatic heterocycles. The number of hydrogen-bond donors (Lipinski definition) is 1. The van der Waals surface area contributed by atoms with Crippen molar-refractivity contribution in [1.82, 2.24) is 15.1 Å². The number of H-pyrrole nitrogens is 1. The van der Waals surface area contributed by atoms with Gasteiger partial charge in [-0.1, -0.05) is 23.7 Å². The van der Waals surface area contributed by atoms with Crippen molar-refractivity contribution in [2.45, 2.75) is 12.3 Å². The summed E-state index contributed by atoms with van der Waals surface area (Å²) < 4.78 is 21.9. The minimum absolute atomic E-state index is 0.207. The number of hydrogen-bond acceptors (Lipinski definition) is 6. The highest BCUT2D eigenvalue weighted by Crippen LogP contribution is 2.46. The third kappa shape index (κ3) is 3.81. The lowest BCUT2D eigenvalue weighted by Gasteiger charge is -2.30. The molecule has 32 heavy (non-hydrogen) atoms. The normalized spacial score (nSPS) is 15.4. The van der Waals surface area contributed by atoms with Crippen LogP contribution >= 0.6 is 11.6 Å². The summed E-state index contributed by atoms with van der Waals surface area (Å²) in [6, 6.07) is 12.3. The number of ether oxygens (including phenoxy) is 4. The number of rotatable bonds is 8. The molecule has 1 unspecified atom stereocenters. The van der Waals surface area contributed by atoms with Crippen LogP contribution in [-0.2, 0) is 9.47 Å². The fraction of sp³-hybridized carbons (Fsp3) is 0.304. The quantitative estimate of drug-likeness (QED) is 0.516. The Morgan fingerprint density at radius 1 is 1.06 bits per heavy atom. The Kier molecular flexibility index (Phi) is 6.36. The number of amides is 1. The molecular formula is C23H24ClN3O5. The molecule has 1 atom stereocenters. The number of aromatic amines is 1. The second-order valence-corrected chi connectivity index (χ2v) is 7.67. The second-order valence-electron chi connectivity index (χ2n) is 7.24. The lowest BCUT2D eigenvalue weighted by atomic mass is 9.95. The fourth-order valence-electron chi connectivity index (χ4n) is 4.00. The van der Waals surface area contributed by atoms with Crippen LogP contribution in [0.25, 0.3) is 11.3 Å². The molecule has 1 aliphatic rings. The van der Waals surface area contributed by atoms with Crippen LogP contribution < -0.4 is 9.47 Å². The average molecular weight is 458 g/mol. The van der Waals surface area contributed by atoms with Crippen molar-refractivity contribution in [2.75, 3.05) is 35.0 Å². The minimum Gasteiger partial charge on any atom is -0.497 e. The van der Waals surface area contributed by atoms with Gasteiger partial charge in [0.15, 0.2) is 6.29 Å². The van der Waals surface area contributed by atoms with Gasteiger partial charge in [-0.2, -0.15) is 5.10 Å². The van der Waals surface area contributed by atoms with Crippen molar-refractivity contribution in [3.05, 3.63) is 64.3 Å². The lowest BCUT2D eigenvalue weighted by molar-refractivity contribution is -0.113. The number of nitrogens with one attached hydrogen (secondary N) is 1. The standard InChI is InChI=1S/C23H24ClN3O5/c1-29-15-9-10-17(30-2)16(11-15)22-19-20(13-5-7-14(24)8-6-13)25-26-21(19)23(28)27(22)12-18(31-3)32-4/h5-11,18,22H,12H2,1-4H3,(H,25,26). The molecule has 1 amide bonds. The van der Waals surface area contributed by atoms with Gasteiger partial charge in [0, 0.05) is 35.9 Å². The third-order valence-corrected chi connectivity index (χ3v) is 5.84. The van der Waals surface area contributed by atoms with Crippen LogP contribution in [0.2, 0.25) is 5.02 Å². The van der Waals surface area contributed by atoms with Gasteiger partial charge in [-0.25, -0.2) is 0 Å². The van der Waals surface area contributed by atoms with Crippen molar-refractivity contribution >= 4 is 17.5 Å². The lowest BCUT2D eigenvalue weighted by Crippen LogP contribution is -2.38. The number of nitrogens with zero attached hydrogens (tertiary/aromatic N) is 2. The summed E-state index contributed by atoms with van der Waals surface area (Å²) in [6.07, 6.45) is -0.603. The number of fused-ring (bicyclic) bond motifs is 1. The van der Waals surface area contributed by atoms with Crippen molar-refractivity contribution in [1.29, 1.82) is 0 Å². The maximum Gasteiger partial charge on any atom is 0.273 e. The number of methoxy groups -OCH3 is 4. The van der Waals surface area contributed by atoms with Crippen LogP contribution in [0.5, 0.6) is 11.5 Å². The molecule has 2 aromatic carbocycles. The Morgan fingerprint density at radius 2 is 1.78 bits per heavy atom. The van der Waals surface area contributed by atoms with Gasteiger partial charge in [-0.3, -0.25) is 9.89 Å². The largest absolute Gasteiger partial charge is 0.497 e. The van der Waals surface area contributed by atoms with E-state index in [4.69, 9.17) is 30.5 Å². The third-order valence-electron chi connectivity index (χ3n) is 5.58. The van der Waals surface area contributed by atoms with Crippen LogP contribution in [0, 0.1) is 0 Å². The number of benzene rings is 2. The SMILES string of the molecule is COc1ccc(OC)c(C2c3c(-c4ccc(Cl)cc4)n[nH]c3C(=O)N2CC(OC)OC)c1. The van der Waals surface area contributed by atoms with E-state index < -0.39 is 12.3 Å². The topological polar surface area (TPSA) is 85.9 Å². The van der Waals surface area contributed by atoms with Crippen LogP contribution in [0.3, 0.4) is 0 Å². The zero-order valence-corrected chi connectivity index (χ0v) is 19.0. The van der Waals surface area contributed by atoms with E-state index in [1.165, 1.54) is 14.2 Å². The molecule has 1 aromatic heterocycles. The number of carbonyl (C=O) groups is 1. The van der Waals surface area contributed by atoms with E-state index >= 15 is 0 Å². The van der Waals surface area contributed by atoms with Crippen LogP contribution in [0.1, 0.15) is 27.7 Å². The van der Waals surface area contributed by atoms with E-state index in [9.17, 15) is 4.79 Å². The molecule has 0 radical (unpaired) electrons. The molecule has 2 heterocycles. The van der Waals surface area contributed by atoms with Gasteiger partial charge in [0.25, 0.3) is 5.91 Å². The summed E-state index contributed by atoms with van der Waals surface area (Å²) >= 11 is 6.07. The average Bonchev–Trinajstić information content (AvgIpc) is 3.36. The Morgan fingerprint density at radius 3 is 2.41 bits per heavy atom. The first-order valence-electron chi connectivity index (χ1n) is 9.95. The first-order chi connectivity index (χ1) is 15.5. The molecule has 168 valence electrons. The van der Waals surface area contributed by atoms with E-state index in [0.29, 0.717) is 27.9 Å². The zero-order chi connectivity index (χ0) is 22.8. The maximum absolute atomic E-state index is 13.5. The number of carbonyl (C=O) groups excluding carboxylic acids is 1. The molecule has 0 saturated carbocycles. The molecule has 4 rings (SSSR count). The van der Waals surface area contributed by atoms with E-state index in [-0.39, 0.29) is 12.5 Å². The molecular weight excluding hydrogens is 434 g/mol. The highest BCUT2D eigenvalue weighted by molar-refractivity contribution is 6.30. The van der Waals surface area contributed by atoms with Crippen molar-refractivity contribution in [3.63, 3.8) is 0 Å².